The number of aliphatic hydroxyl groups excluding tert-OH is 1. The molecule has 26 heavy (non-hydrogen) atoms. The largest absolute Gasteiger partial charge is 0.492 e. The molecule has 0 bridgehead atoms. The van der Waals surface area contributed by atoms with E-state index < -0.39 is 6.10 Å². The fourth-order valence-electron chi connectivity index (χ4n) is 3.47. The second-order valence-corrected chi connectivity index (χ2v) is 6.65. The Kier molecular flexibility index (Phi) is 4.92. The highest BCUT2D eigenvalue weighted by Gasteiger charge is 2.31. The quantitative estimate of drug-likeness (QED) is 0.655. The Morgan fingerprint density at radius 1 is 1.42 bits per heavy atom. The SMILES string of the molecule is C/C=C(/C)C(=O)OCc1c2c(c(OC)c3occ(C)c13)C=C[C@H](O)[C@@H]2C. The lowest BCUT2D eigenvalue weighted by molar-refractivity contribution is -0.140. The zero-order chi connectivity index (χ0) is 19.0. The third kappa shape index (κ3) is 2.82. The van der Waals surface area contributed by atoms with Gasteiger partial charge in [0.15, 0.2) is 11.3 Å². The molecule has 138 valence electrons. The summed E-state index contributed by atoms with van der Waals surface area (Å²) in [6.45, 7) is 7.53. The van der Waals surface area contributed by atoms with Gasteiger partial charge in [-0.1, -0.05) is 25.2 Å². The summed E-state index contributed by atoms with van der Waals surface area (Å²) in [6.07, 6.45) is 6.38. The molecule has 3 rings (SSSR count). The highest BCUT2D eigenvalue weighted by atomic mass is 16.5. The van der Waals surface area contributed by atoms with Crippen LogP contribution in [0, 0.1) is 6.92 Å². The third-order valence-electron chi connectivity index (χ3n) is 5.08. The van der Waals surface area contributed by atoms with Crippen LogP contribution in [0.5, 0.6) is 5.75 Å². The summed E-state index contributed by atoms with van der Waals surface area (Å²) in [6, 6.07) is 0. The Morgan fingerprint density at radius 2 is 2.15 bits per heavy atom. The van der Waals surface area contributed by atoms with Crippen LogP contribution in [0.2, 0.25) is 0 Å². The molecule has 0 radical (unpaired) electrons. The monoisotopic (exact) mass is 356 g/mol. The van der Waals surface area contributed by atoms with Crippen LogP contribution in [-0.4, -0.2) is 24.3 Å². The highest BCUT2D eigenvalue weighted by molar-refractivity contribution is 5.95. The summed E-state index contributed by atoms with van der Waals surface area (Å²) in [7, 11) is 1.60. The van der Waals surface area contributed by atoms with Crippen molar-refractivity contribution in [1.29, 1.82) is 0 Å². The molecule has 5 heteroatoms. The maximum atomic E-state index is 12.1. The van der Waals surface area contributed by atoms with Gasteiger partial charge < -0.3 is 19.0 Å². The predicted octanol–water partition coefficient (Wildman–Crippen LogP) is 4.25. The first-order valence-electron chi connectivity index (χ1n) is 8.67. The van der Waals surface area contributed by atoms with Gasteiger partial charge in [-0.2, -0.15) is 0 Å². The molecule has 0 amide bonds. The van der Waals surface area contributed by atoms with E-state index in [4.69, 9.17) is 13.9 Å². The molecule has 0 spiro atoms. The Morgan fingerprint density at radius 3 is 2.81 bits per heavy atom. The molecular weight excluding hydrogens is 332 g/mol. The Labute approximate surface area is 152 Å². The zero-order valence-corrected chi connectivity index (χ0v) is 15.8. The summed E-state index contributed by atoms with van der Waals surface area (Å²) in [5, 5.41) is 11.2. The Balaban J connectivity index is 2.22. The number of hydrogen-bond acceptors (Lipinski definition) is 5. The number of carbonyl (C=O) groups excluding carboxylic acids is 1. The number of furan rings is 1. The normalized spacial score (nSPS) is 19.5. The van der Waals surface area contributed by atoms with Crippen molar-refractivity contribution in [2.24, 2.45) is 0 Å². The molecule has 1 aromatic heterocycles. The van der Waals surface area contributed by atoms with Crippen LogP contribution in [-0.2, 0) is 16.1 Å². The van der Waals surface area contributed by atoms with E-state index in [9.17, 15) is 9.90 Å². The van der Waals surface area contributed by atoms with Gasteiger partial charge in [-0.3, -0.25) is 0 Å². The lowest BCUT2D eigenvalue weighted by atomic mass is 9.81. The molecule has 1 aliphatic carbocycles. The van der Waals surface area contributed by atoms with Gasteiger partial charge in [0.2, 0.25) is 0 Å². The van der Waals surface area contributed by atoms with Gasteiger partial charge in [-0.15, -0.1) is 0 Å². The van der Waals surface area contributed by atoms with Gasteiger partial charge in [0, 0.05) is 28.0 Å². The molecule has 1 heterocycles. The van der Waals surface area contributed by atoms with E-state index in [0.29, 0.717) is 16.9 Å². The van der Waals surface area contributed by atoms with E-state index in [-0.39, 0.29) is 18.5 Å². The van der Waals surface area contributed by atoms with Crippen molar-refractivity contribution in [2.45, 2.75) is 46.3 Å². The number of carbonyl (C=O) groups is 1. The molecule has 1 N–H and O–H groups in total. The van der Waals surface area contributed by atoms with Crippen molar-refractivity contribution in [3.05, 3.63) is 46.2 Å². The van der Waals surface area contributed by atoms with Crippen molar-refractivity contribution in [3.63, 3.8) is 0 Å². The topological polar surface area (TPSA) is 68.9 Å². The minimum atomic E-state index is -0.608. The first-order valence-corrected chi connectivity index (χ1v) is 8.67. The molecule has 0 aliphatic heterocycles. The number of benzene rings is 1. The molecule has 2 atom stereocenters. The van der Waals surface area contributed by atoms with Gasteiger partial charge in [-0.25, -0.2) is 4.79 Å². The third-order valence-corrected chi connectivity index (χ3v) is 5.08. The van der Waals surface area contributed by atoms with Gasteiger partial charge in [0.1, 0.15) is 6.61 Å². The number of aliphatic hydroxyl groups is 1. The molecule has 1 aromatic carbocycles. The van der Waals surface area contributed by atoms with Crippen LogP contribution in [0.4, 0.5) is 0 Å². The highest BCUT2D eigenvalue weighted by Crippen LogP contribution is 2.45. The molecule has 2 aromatic rings. The average molecular weight is 356 g/mol. The maximum Gasteiger partial charge on any atom is 0.333 e. The lowest BCUT2D eigenvalue weighted by Gasteiger charge is -2.28. The number of fused-ring (bicyclic) bond motifs is 2. The van der Waals surface area contributed by atoms with E-state index in [0.717, 1.165) is 27.6 Å². The number of esters is 1. The number of hydrogen-bond donors (Lipinski definition) is 1. The lowest BCUT2D eigenvalue weighted by Crippen LogP contribution is -2.20. The molecule has 0 saturated heterocycles. The fourth-order valence-corrected chi connectivity index (χ4v) is 3.47. The van der Waals surface area contributed by atoms with E-state index in [1.807, 2.05) is 19.9 Å². The van der Waals surface area contributed by atoms with Crippen molar-refractivity contribution in [3.8, 4) is 5.75 Å². The number of aryl methyl sites for hydroxylation is 1. The second kappa shape index (κ2) is 7.00. The summed E-state index contributed by atoms with van der Waals surface area (Å²) >= 11 is 0. The van der Waals surface area contributed by atoms with Crippen LogP contribution in [0.25, 0.3) is 17.0 Å². The van der Waals surface area contributed by atoms with Gasteiger partial charge in [0.25, 0.3) is 0 Å². The van der Waals surface area contributed by atoms with E-state index in [2.05, 4.69) is 0 Å². The van der Waals surface area contributed by atoms with Crippen molar-refractivity contribution in [1.82, 2.24) is 0 Å². The molecule has 0 saturated carbocycles. The van der Waals surface area contributed by atoms with Crippen LogP contribution >= 0.6 is 0 Å². The second-order valence-electron chi connectivity index (χ2n) is 6.65. The average Bonchev–Trinajstić information content (AvgIpc) is 3.02. The van der Waals surface area contributed by atoms with E-state index in [1.54, 1.807) is 39.4 Å². The minimum Gasteiger partial charge on any atom is -0.492 e. The van der Waals surface area contributed by atoms with Crippen molar-refractivity contribution >= 4 is 23.0 Å². The van der Waals surface area contributed by atoms with Crippen LogP contribution in [0.15, 0.2) is 28.4 Å². The Bertz CT molecular complexity index is 916. The number of methoxy groups -OCH3 is 1. The van der Waals surface area contributed by atoms with Gasteiger partial charge in [-0.05, 0) is 31.9 Å². The Hall–Kier alpha value is -2.53. The minimum absolute atomic E-state index is 0.109. The number of ether oxygens (including phenoxy) is 2. The van der Waals surface area contributed by atoms with Gasteiger partial charge in [0.05, 0.1) is 19.5 Å². The standard InChI is InChI=1S/C21H24O5/c1-6-11(2)21(23)26-10-15-17-12(3)9-25-20(17)19(24-5)14-7-8-16(22)13(4)18(14)15/h6-9,13,16,22H,10H2,1-5H3/b11-6-/t13-,16-/m0/s1. The predicted molar refractivity (Wildman–Crippen MR) is 100 cm³/mol. The summed E-state index contributed by atoms with van der Waals surface area (Å²) in [4.78, 5) is 12.1. The summed E-state index contributed by atoms with van der Waals surface area (Å²) < 4.78 is 16.9. The molecule has 0 fully saturated rings. The van der Waals surface area contributed by atoms with Gasteiger partial charge >= 0.3 is 5.97 Å². The molecule has 1 aliphatic rings. The zero-order valence-electron chi connectivity index (χ0n) is 15.8. The molecule has 0 unspecified atom stereocenters. The van der Waals surface area contributed by atoms with Crippen LogP contribution in [0.1, 0.15) is 48.9 Å². The molecule has 5 nitrogen and oxygen atoms in total. The number of rotatable bonds is 4. The first-order chi connectivity index (χ1) is 12.4. The summed E-state index contributed by atoms with van der Waals surface area (Å²) in [5.41, 5.74) is 4.77. The first kappa shape index (κ1) is 18.3. The van der Waals surface area contributed by atoms with Crippen molar-refractivity contribution in [2.75, 3.05) is 7.11 Å². The van der Waals surface area contributed by atoms with E-state index >= 15 is 0 Å². The van der Waals surface area contributed by atoms with E-state index in [1.165, 1.54) is 0 Å². The van der Waals surface area contributed by atoms with Crippen LogP contribution < -0.4 is 4.74 Å². The molecular formula is C21H24O5. The summed E-state index contributed by atoms with van der Waals surface area (Å²) in [5.74, 6) is 0.128. The number of allylic oxidation sites excluding steroid dienone is 1. The maximum absolute atomic E-state index is 12.1. The smallest absolute Gasteiger partial charge is 0.333 e. The van der Waals surface area contributed by atoms with Crippen molar-refractivity contribution < 1.29 is 23.8 Å². The fraction of sp³-hybridized carbons (Fsp3) is 0.381. The van der Waals surface area contributed by atoms with Crippen LogP contribution in [0.3, 0.4) is 0 Å².